The van der Waals surface area contributed by atoms with Gasteiger partial charge in [-0.3, -0.25) is 9.69 Å². The number of likely N-dealkylation sites (tertiary alicyclic amines) is 1. The van der Waals surface area contributed by atoms with Crippen LogP contribution in [0.5, 0.6) is 0 Å². The minimum Gasteiger partial charge on any atom is -0.387 e. The summed E-state index contributed by atoms with van der Waals surface area (Å²) in [7, 11) is 0. The van der Waals surface area contributed by atoms with Gasteiger partial charge in [-0.15, -0.1) is 0 Å². The van der Waals surface area contributed by atoms with Crippen LogP contribution in [0.15, 0.2) is 0 Å². The van der Waals surface area contributed by atoms with Crippen LogP contribution in [0.2, 0.25) is 0 Å². The highest BCUT2D eigenvalue weighted by molar-refractivity contribution is 5.79. The molecule has 0 atom stereocenters. The summed E-state index contributed by atoms with van der Waals surface area (Å²) in [5.74, 6) is 0.372. The number of hydrogen-bond acceptors (Lipinski definition) is 4. The van der Waals surface area contributed by atoms with E-state index >= 15 is 0 Å². The van der Waals surface area contributed by atoms with E-state index < -0.39 is 11.1 Å². The normalized spacial score (nSPS) is 28.2. The van der Waals surface area contributed by atoms with Crippen molar-refractivity contribution in [2.75, 3.05) is 19.6 Å². The minimum atomic E-state index is -0.646. The number of nitrogens with zero attached hydrogens (tertiary/aromatic N) is 2. The molecule has 3 aliphatic rings. The Bertz CT molecular complexity index is 427. The van der Waals surface area contributed by atoms with Crippen molar-refractivity contribution in [3.8, 4) is 6.07 Å². The predicted molar refractivity (Wildman–Crippen MR) is 73.7 cm³/mol. The lowest BCUT2D eigenvalue weighted by Crippen LogP contribution is -2.65. The Labute approximate surface area is 119 Å². The second-order valence-corrected chi connectivity index (χ2v) is 6.83. The maximum atomic E-state index is 12.1. The van der Waals surface area contributed by atoms with Crippen molar-refractivity contribution in [2.45, 2.75) is 56.1 Å². The van der Waals surface area contributed by atoms with Gasteiger partial charge in [0.25, 0.3) is 0 Å². The van der Waals surface area contributed by atoms with Crippen molar-refractivity contribution in [3.63, 3.8) is 0 Å². The molecule has 0 aromatic rings. The molecule has 0 aromatic heterocycles. The molecule has 1 amide bonds. The van der Waals surface area contributed by atoms with Crippen molar-refractivity contribution in [1.29, 1.82) is 5.26 Å². The van der Waals surface area contributed by atoms with Gasteiger partial charge in [-0.05, 0) is 31.6 Å². The highest BCUT2D eigenvalue weighted by Crippen LogP contribution is 2.44. The van der Waals surface area contributed by atoms with Crippen LogP contribution in [-0.4, -0.2) is 46.7 Å². The number of hydrogen-bond donors (Lipinski definition) is 2. The van der Waals surface area contributed by atoms with Gasteiger partial charge in [0.1, 0.15) is 5.54 Å². The van der Waals surface area contributed by atoms with Crippen LogP contribution >= 0.6 is 0 Å². The summed E-state index contributed by atoms with van der Waals surface area (Å²) in [6.07, 6.45) is 6.95. The number of carbonyl (C=O) groups is 1. The average Bonchev–Trinajstić information content (AvgIpc) is 3.22. The second-order valence-electron chi connectivity index (χ2n) is 6.83. The molecule has 0 spiro atoms. The number of amides is 1. The standard InChI is InChI=1S/C15H23N3O2/c16-9-14(6-2-1-3-7-14)17-13(19)8-18-10-15(20,11-18)12-4-5-12/h12,20H,1-8,10-11H2,(H,17,19). The first-order chi connectivity index (χ1) is 9.55. The Balaban J connectivity index is 1.47. The molecular formula is C15H23N3O2. The van der Waals surface area contributed by atoms with Gasteiger partial charge in [0.15, 0.2) is 0 Å². The second kappa shape index (κ2) is 5.01. The molecule has 0 radical (unpaired) electrons. The summed E-state index contributed by atoms with van der Waals surface area (Å²) in [5, 5.41) is 22.5. The van der Waals surface area contributed by atoms with Crippen molar-refractivity contribution in [2.24, 2.45) is 5.92 Å². The first-order valence-corrected chi connectivity index (χ1v) is 7.72. The summed E-state index contributed by atoms with van der Waals surface area (Å²) in [6, 6.07) is 2.30. The van der Waals surface area contributed by atoms with Gasteiger partial charge in [-0.2, -0.15) is 5.26 Å². The fraction of sp³-hybridized carbons (Fsp3) is 0.867. The topological polar surface area (TPSA) is 76.4 Å². The maximum absolute atomic E-state index is 12.1. The van der Waals surface area contributed by atoms with E-state index in [1.54, 1.807) is 0 Å². The number of rotatable bonds is 4. The molecule has 3 fully saturated rings. The van der Waals surface area contributed by atoms with Crippen LogP contribution in [0.4, 0.5) is 0 Å². The molecule has 0 unspecified atom stereocenters. The number of nitriles is 1. The summed E-state index contributed by atoms with van der Waals surface area (Å²) in [5.41, 5.74) is -1.19. The third kappa shape index (κ3) is 2.68. The quantitative estimate of drug-likeness (QED) is 0.796. The monoisotopic (exact) mass is 277 g/mol. The number of β-amino-alcohol motifs (C(OH)–C–C–N with tert-alkyl or cyclic N) is 1. The molecule has 3 rings (SSSR count). The maximum Gasteiger partial charge on any atom is 0.235 e. The molecule has 1 heterocycles. The van der Waals surface area contributed by atoms with Gasteiger partial charge in [-0.25, -0.2) is 0 Å². The Hall–Kier alpha value is -1.12. The smallest absolute Gasteiger partial charge is 0.235 e. The average molecular weight is 277 g/mol. The van der Waals surface area contributed by atoms with Crippen molar-refractivity contribution >= 4 is 5.91 Å². The van der Waals surface area contributed by atoms with Gasteiger partial charge in [0.05, 0.1) is 18.2 Å². The third-order valence-electron chi connectivity index (χ3n) is 5.00. The van der Waals surface area contributed by atoms with Crippen molar-refractivity contribution < 1.29 is 9.90 Å². The van der Waals surface area contributed by atoms with E-state index in [4.69, 9.17) is 0 Å². The first-order valence-electron chi connectivity index (χ1n) is 7.72. The molecular weight excluding hydrogens is 254 g/mol. The molecule has 0 aromatic carbocycles. The molecule has 110 valence electrons. The zero-order valence-electron chi connectivity index (χ0n) is 11.9. The summed E-state index contributed by atoms with van der Waals surface area (Å²) < 4.78 is 0. The van der Waals surface area contributed by atoms with E-state index in [2.05, 4.69) is 11.4 Å². The Morgan fingerprint density at radius 1 is 1.30 bits per heavy atom. The van der Waals surface area contributed by atoms with Crippen molar-refractivity contribution in [3.05, 3.63) is 0 Å². The van der Waals surface area contributed by atoms with Crippen LogP contribution < -0.4 is 5.32 Å². The van der Waals surface area contributed by atoms with Crippen LogP contribution in [0.1, 0.15) is 44.9 Å². The van der Waals surface area contributed by atoms with Crippen molar-refractivity contribution in [1.82, 2.24) is 10.2 Å². The SMILES string of the molecule is N#CC1(NC(=O)CN2CC(O)(C3CC3)C2)CCCCC1. The Kier molecular flexibility index (Phi) is 3.47. The third-order valence-corrected chi connectivity index (χ3v) is 5.00. The van der Waals surface area contributed by atoms with E-state index in [0.717, 1.165) is 44.9 Å². The van der Waals surface area contributed by atoms with E-state index in [9.17, 15) is 15.2 Å². The fourth-order valence-corrected chi connectivity index (χ4v) is 3.65. The summed E-state index contributed by atoms with van der Waals surface area (Å²) >= 11 is 0. The van der Waals surface area contributed by atoms with Gasteiger partial charge in [-0.1, -0.05) is 19.3 Å². The minimum absolute atomic E-state index is 0.0775. The molecule has 1 aliphatic heterocycles. The predicted octanol–water partition coefficient (Wildman–Crippen LogP) is 0.786. The lowest BCUT2D eigenvalue weighted by Gasteiger charge is -2.47. The summed E-state index contributed by atoms with van der Waals surface area (Å²) in [6.45, 7) is 1.51. The van der Waals surface area contributed by atoms with Crippen LogP contribution in [0.25, 0.3) is 0 Å². The van der Waals surface area contributed by atoms with E-state index in [-0.39, 0.29) is 5.91 Å². The summed E-state index contributed by atoms with van der Waals surface area (Å²) in [4.78, 5) is 14.1. The van der Waals surface area contributed by atoms with Gasteiger partial charge < -0.3 is 10.4 Å². The number of aliphatic hydroxyl groups is 1. The zero-order valence-corrected chi connectivity index (χ0v) is 11.9. The molecule has 5 heteroatoms. The highest BCUT2D eigenvalue weighted by atomic mass is 16.3. The largest absolute Gasteiger partial charge is 0.387 e. The number of nitrogens with one attached hydrogen (secondary N) is 1. The molecule has 2 N–H and O–H groups in total. The molecule has 2 saturated carbocycles. The molecule has 1 saturated heterocycles. The molecule has 2 aliphatic carbocycles. The van der Waals surface area contributed by atoms with Gasteiger partial charge in [0, 0.05) is 13.1 Å². The Morgan fingerprint density at radius 3 is 2.50 bits per heavy atom. The van der Waals surface area contributed by atoms with E-state index in [1.807, 2.05) is 4.90 Å². The van der Waals surface area contributed by atoms with Crippen LogP contribution in [-0.2, 0) is 4.79 Å². The lowest BCUT2D eigenvalue weighted by molar-refractivity contribution is -0.137. The molecule has 5 nitrogen and oxygen atoms in total. The molecule has 20 heavy (non-hydrogen) atoms. The van der Waals surface area contributed by atoms with E-state index in [0.29, 0.717) is 25.6 Å². The van der Waals surface area contributed by atoms with E-state index in [1.165, 1.54) is 0 Å². The zero-order chi connectivity index (χ0) is 14.2. The first kappa shape index (κ1) is 13.8. The van der Waals surface area contributed by atoms with Gasteiger partial charge in [0.2, 0.25) is 5.91 Å². The van der Waals surface area contributed by atoms with Gasteiger partial charge >= 0.3 is 0 Å². The van der Waals surface area contributed by atoms with Crippen LogP contribution in [0, 0.1) is 17.2 Å². The lowest BCUT2D eigenvalue weighted by atomic mass is 9.82. The Morgan fingerprint density at radius 2 is 1.95 bits per heavy atom. The van der Waals surface area contributed by atoms with Crippen LogP contribution in [0.3, 0.4) is 0 Å². The fourth-order valence-electron chi connectivity index (χ4n) is 3.65. The number of carbonyl (C=O) groups excluding carboxylic acids is 1. The molecule has 0 bridgehead atoms. The highest BCUT2D eigenvalue weighted by Gasteiger charge is 2.52.